The van der Waals surface area contributed by atoms with E-state index in [0.717, 1.165) is 32.1 Å². The Kier molecular flexibility index (Phi) is 5.71. The van der Waals surface area contributed by atoms with Crippen LogP contribution < -0.4 is 15.6 Å². The molecule has 1 aliphatic heterocycles. The van der Waals surface area contributed by atoms with Crippen molar-refractivity contribution in [2.45, 2.75) is 44.1 Å². The molecule has 0 spiro atoms. The second-order valence-corrected chi connectivity index (χ2v) is 7.90. The van der Waals surface area contributed by atoms with E-state index in [1.165, 1.54) is 18.8 Å². The van der Waals surface area contributed by atoms with Crippen molar-refractivity contribution >= 4 is 22.8 Å². The van der Waals surface area contributed by atoms with Crippen molar-refractivity contribution < 1.29 is 23.8 Å². The average Bonchev–Trinajstić information content (AvgIpc) is 2.81. The maximum atomic E-state index is 13.3. The van der Waals surface area contributed by atoms with Crippen molar-refractivity contribution in [2.75, 3.05) is 14.2 Å². The Labute approximate surface area is 179 Å². The van der Waals surface area contributed by atoms with Gasteiger partial charge in [-0.05, 0) is 25.0 Å². The van der Waals surface area contributed by atoms with Gasteiger partial charge in [-0.2, -0.15) is 0 Å². The number of hydrogen-bond donors (Lipinski definition) is 1. The first-order chi connectivity index (χ1) is 15.0. The van der Waals surface area contributed by atoms with Crippen molar-refractivity contribution in [3.8, 4) is 5.75 Å². The monoisotopic (exact) mass is 426 g/mol. The van der Waals surface area contributed by atoms with E-state index in [9.17, 15) is 14.4 Å². The number of hydrogen-bond acceptors (Lipinski definition) is 7. The molecule has 164 valence electrons. The number of rotatable bonds is 4. The Morgan fingerprint density at radius 1 is 1.10 bits per heavy atom. The van der Waals surface area contributed by atoms with Crippen LogP contribution in [0.4, 0.5) is 0 Å². The molecule has 0 amide bonds. The highest BCUT2D eigenvalue weighted by molar-refractivity contribution is 6.02. The number of pyridine rings is 1. The van der Waals surface area contributed by atoms with E-state index in [1.807, 2.05) is 18.2 Å². The van der Waals surface area contributed by atoms with Crippen LogP contribution in [0.25, 0.3) is 10.9 Å². The molecule has 8 heteroatoms. The highest BCUT2D eigenvalue weighted by Gasteiger charge is 2.44. The molecule has 1 atom stereocenters. The van der Waals surface area contributed by atoms with Gasteiger partial charge in [0.1, 0.15) is 17.2 Å². The Morgan fingerprint density at radius 2 is 1.81 bits per heavy atom. The van der Waals surface area contributed by atoms with Gasteiger partial charge in [-0.15, -0.1) is 0 Å². The third-order valence-corrected chi connectivity index (χ3v) is 6.10. The average molecular weight is 426 g/mol. The van der Waals surface area contributed by atoms with Crippen molar-refractivity contribution in [1.82, 2.24) is 9.88 Å². The normalized spacial score (nSPS) is 18.9. The minimum absolute atomic E-state index is 0.0418. The summed E-state index contributed by atoms with van der Waals surface area (Å²) in [6, 6.07) is 7.38. The summed E-state index contributed by atoms with van der Waals surface area (Å²) < 4.78 is 17.6. The molecule has 1 fully saturated rings. The zero-order valence-electron chi connectivity index (χ0n) is 17.9. The topological polar surface area (TPSA) is 95.9 Å². The predicted octanol–water partition coefficient (Wildman–Crippen LogP) is 2.49. The fourth-order valence-electron chi connectivity index (χ4n) is 4.50. The molecule has 1 aliphatic carbocycles. The maximum Gasteiger partial charge on any atom is 0.340 e. The summed E-state index contributed by atoms with van der Waals surface area (Å²) in [6.45, 7) is 0. The number of aromatic nitrogens is 1. The third kappa shape index (κ3) is 3.56. The van der Waals surface area contributed by atoms with Crippen LogP contribution in [0.1, 0.15) is 43.6 Å². The van der Waals surface area contributed by atoms with Crippen molar-refractivity contribution in [3.05, 3.63) is 51.6 Å². The number of fused-ring (bicyclic) bond motifs is 3. The molecule has 1 saturated carbocycles. The molecule has 2 aromatic rings. The van der Waals surface area contributed by atoms with E-state index in [-0.39, 0.29) is 28.8 Å². The number of carbonyl (C=O) groups excluding carboxylic acids is 2. The third-order valence-electron chi connectivity index (χ3n) is 6.10. The number of benzene rings is 1. The van der Waals surface area contributed by atoms with Crippen LogP contribution in [0.5, 0.6) is 5.75 Å². The molecule has 0 radical (unpaired) electrons. The van der Waals surface area contributed by atoms with Gasteiger partial charge in [-0.1, -0.05) is 31.4 Å². The SMILES string of the molecule is COC(=O)C1=C(NC2CCCCC2)Oc2c(c(=O)n(C)c3ccccc23)C1C(=O)OC. The van der Waals surface area contributed by atoms with Gasteiger partial charge >= 0.3 is 11.9 Å². The summed E-state index contributed by atoms with van der Waals surface area (Å²) in [7, 11) is 4.08. The summed E-state index contributed by atoms with van der Waals surface area (Å²) in [5, 5.41) is 3.98. The minimum atomic E-state index is -1.25. The fourth-order valence-corrected chi connectivity index (χ4v) is 4.50. The molecular formula is C23H26N2O6. The lowest BCUT2D eigenvalue weighted by Crippen LogP contribution is -2.41. The summed E-state index contributed by atoms with van der Waals surface area (Å²) in [4.78, 5) is 39.0. The van der Waals surface area contributed by atoms with Crippen LogP contribution in [0.2, 0.25) is 0 Å². The summed E-state index contributed by atoms with van der Waals surface area (Å²) in [5.41, 5.74) is 0.262. The van der Waals surface area contributed by atoms with Gasteiger partial charge in [0.2, 0.25) is 5.88 Å². The first-order valence-corrected chi connectivity index (χ1v) is 10.4. The molecule has 1 unspecified atom stereocenters. The number of carbonyl (C=O) groups is 2. The van der Waals surface area contributed by atoms with Gasteiger partial charge in [-0.25, -0.2) is 4.79 Å². The van der Waals surface area contributed by atoms with Gasteiger partial charge in [0.25, 0.3) is 5.56 Å². The van der Waals surface area contributed by atoms with Gasteiger partial charge in [0.15, 0.2) is 0 Å². The molecule has 31 heavy (non-hydrogen) atoms. The molecule has 1 aromatic heterocycles. The number of nitrogens with zero attached hydrogens (tertiary/aromatic N) is 1. The number of methoxy groups -OCH3 is 2. The second kappa shape index (κ2) is 8.45. The fraction of sp³-hybridized carbons (Fsp3) is 0.435. The van der Waals surface area contributed by atoms with Gasteiger partial charge in [0.05, 0.1) is 25.3 Å². The van der Waals surface area contributed by atoms with Crippen LogP contribution >= 0.6 is 0 Å². The zero-order valence-corrected chi connectivity index (χ0v) is 17.9. The number of esters is 2. The van der Waals surface area contributed by atoms with E-state index in [2.05, 4.69) is 5.32 Å². The highest BCUT2D eigenvalue weighted by Crippen LogP contribution is 2.42. The van der Waals surface area contributed by atoms with E-state index in [4.69, 9.17) is 14.2 Å². The van der Waals surface area contributed by atoms with Crippen molar-refractivity contribution in [2.24, 2.45) is 7.05 Å². The van der Waals surface area contributed by atoms with Gasteiger partial charge in [-0.3, -0.25) is 9.59 Å². The largest absolute Gasteiger partial charge is 0.468 e. The first kappa shape index (κ1) is 21.0. The molecule has 1 aromatic carbocycles. The quantitative estimate of drug-likeness (QED) is 0.751. The molecule has 2 aliphatic rings. The Balaban J connectivity index is 1.97. The number of para-hydroxylation sites is 1. The smallest absolute Gasteiger partial charge is 0.340 e. The van der Waals surface area contributed by atoms with E-state index < -0.39 is 23.4 Å². The lowest BCUT2D eigenvalue weighted by atomic mass is 9.87. The number of aryl methyl sites for hydroxylation is 1. The molecule has 8 nitrogen and oxygen atoms in total. The summed E-state index contributed by atoms with van der Waals surface area (Å²) in [6.07, 6.45) is 5.15. The predicted molar refractivity (Wildman–Crippen MR) is 114 cm³/mol. The van der Waals surface area contributed by atoms with Crippen molar-refractivity contribution in [3.63, 3.8) is 0 Å². The maximum absolute atomic E-state index is 13.3. The van der Waals surface area contributed by atoms with Gasteiger partial charge < -0.3 is 24.1 Å². The lowest BCUT2D eigenvalue weighted by Gasteiger charge is -2.32. The molecule has 4 rings (SSSR count). The Morgan fingerprint density at radius 3 is 2.48 bits per heavy atom. The van der Waals surface area contributed by atoms with E-state index in [0.29, 0.717) is 10.9 Å². The molecule has 2 heterocycles. The van der Waals surface area contributed by atoms with Crippen LogP contribution in [-0.4, -0.2) is 36.8 Å². The minimum Gasteiger partial charge on any atom is -0.468 e. The molecule has 1 N–H and O–H groups in total. The number of nitrogens with one attached hydrogen (secondary N) is 1. The Hall–Kier alpha value is -3.29. The highest BCUT2D eigenvalue weighted by atomic mass is 16.5. The number of ether oxygens (including phenoxy) is 3. The van der Waals surface area contributed by atoms with Crippen molar-refractivity contribution in [1.29, 1.82) is 0 Å². The van der Waals surface area contributed by atoms with E-state index in [1.54, 1.807) is 13.1 Å². The molecular weight excluding hydrogens is 400 g/mol. The van der Waals surface area contributed by atoms with Crippen LogP contribution in [-0.2, 0) is 26.1 Å². The first-order valence-electron chi connectivity index (χ1n) is 10.4. The van der Waals surface area contributed by atoms with Crippen LogP contribution in [0.3, 0.4) is 0 Å². The summed E-state index contributed by atoms with van der Waals surface area (Å²) >= 11 is 0. The molecule has 0 saturated heterocycles. The second-order valence-electron chi connectivity index (χ2n) is 7.90. The van der Waals surface area contributed by atoms with Crippen LogP contribution in [0.15, 0.2) is 40.5 Å². The van der Waals surface area contributed by atoms with Crippen LogP contribution in [0, 0.1) is 0 Å². The molecule has 0 bridgehead atoms. The lowest BCUT2D eigenvalue weighted by molar-refractivity contribution is -0.145. The summed E-state index contributed by atoms with van der Waals surface area (Å²) in [5.74, 6) is -2.30. The van der Waals surface area contributed by atoms with E-state index >= 15 is 0 Å². The zero-order chi connectivity index (χ0) is 22.1. The Bertz CT molecular complexity index is 1130. The van der Waals surface area contributed by atoms with Gasteiger partial charge in [0, 0.05) is 18.5 Å². The standard InChI is InChI=1S/C23H26N2O6/c1-25-15-12-8-7-11-14(15)19-17(21(25)26)16(22(27)29-2)18(23(28)30-3)20(31-19)24-13-9-5-4-6-10-13/h7-8,11-13,16,24H,4-6,9-10H2,1-3H3.